The topological polar surface area (TPSA) is 62.2 Å². The van der Waals surface area contributed by atoms with E-state index in [9.17, 15) is 10.2 Å². The molecule has 2 aliphatic heterocycles. The molecular formula is C18H27NO4. The number of likely N-dealkylation sites (tertiary alicyclic amines) is 1. The first-order chi connectivity index (χ1) is 11.0. The number of aliphatic hydroxyl groups excluding tert-OH is 2. The monoisotopic (exact) mass is 321 g/mol. The zero-order chi connectivity index (χ0) is 16.4. The standard InChI is InChI=1S/C18H27NO4/c1-13-11-14(3-4-16(13)22-2)12-19-8-6-18(7-9-19)17(21)15(20)5-10-23-18/h3-4,11,15,17,20-21H,5-10,12H2,1-2H3/t15-,17-/m0/s1. The van der Waals surface area contributed by atoms with Gasteiger partial charge in [-0.1, -0.05) is 12.1 Å². The average molecular weight is 321 g/mol. The van der Waals surface area contributed by atoms with Crippen LogP contribution in [-0.4, -0.2) is 59.7 Å². The maximum atomic E-state index is 10.3. The third-order valence-corrected chi connectivity index (χ3v) is 5.27. The number of nitrogens with zero attached hydrogens (tertiary/aromatic N) is 1. The maximum Gasteiger partial charge on any atom is 0.121 e. The zero-order valence-corrected chi connectivity index (χ0v) is 14.0. The minimum Gasteiger partial charge on any atom is -0.496 e. The Bertz CT molecular complexity index is 540. The third-order valence-electron chi connectivity index (χ3n) is 5.27. The van der Waals surface area contributed by atoms with E-state index in [1.165, 1.54) is 5.56 Å². The fourth-order valence-electron chi connectivity index (χ4n) is 3.80. The molecule has 2 aliphatic rings. The van der Waals surface area contributed by atoms with Gasteiger partial charge in [0.2, 0.25) is 0 Å². The van der Waals surface area contributed by atoms with E-state index in [-0.39, 0.29) is 0 Å². The van der Waals surface area contributed by atoms with Gasteiger partial charge in [-0.15, -0.1) is 0 Å². The fourth-order valence-corrected chi connectivity index (χ4v) is 3.80. The van der Waals surface area contributed by atoms with E-state index in [1.807, 2.05) is 6.07 Å². The number of hydrogen-bond acceptors (Lipinski definition) is 5. The molecule has 1 aromatic rings. The predicted octanol–water partition coefficient (Wildman–Crippen LogP) is 1.48. The first-order valence-electron chi connectivity index (χ1n) is 8.40. The Morgan fingerprint density at radius 3 is 2.70 bits per heavy atom. The van der Waals surface area contributed by atoms with Crippen LogP contribution in [0.1, 0.15) is 30.4 Å². The van der Waals surface area contributed by atoms with E-state index >= 15 is 0 Å². The zero-order valence-electron chi connectivity index (χ0n) is 14.0. The van der Waals surface area contributed by atoms with Crippen LogP contribution in [0.3, 0.4) is 0 Å². The molecule has 0 aromatic heterocycles. The number of benzene rings is 1. The Hall–Kier alpha value is -1.14. The van der Waals surface area contributed by atoms with Gasteiger partial charge in [0.05, 0.1) is 25.4 Å². The second-order valence-electron chi connectivity index (χ2n) is 6.79. The van der Waals surface area contributed by atoms with Crippen LogP contribution in [0.2, 0.25) is 0 Å². The van der Waals surface area contributed by atoms with Gasteiger partial charge in [0.25, 0.3) is 0 Å². The van der Waals surface area contributed by atoms with Gasteiger partial charge in [0.15, 0.2) is 0 Å². The van der Waals surface area contributed by atoms with E-state index < -0.39 is 17.8 Å². The summed E-state index contributed by atoms with van der Waals surface area (Å²) in [7, 11) is 1.69. The molecule has 2 N–H and O–H groups in total. The number of aryl methyl sites for hydroxylation is 1. The Morgan fingerprint density at radius 2 is 2.04 bits per heavy atom. The summed E-state index contributed by atoms with van der Waals surface area (Å²) in [6.45, 7) is 5.22. The molecule has 1 spiro atoms. The quantitative estimate of drug-likeness (QED) is 0.883. The molecule has 0 radical (unpaired) electrons. The summed E-state index contributed by atoms with van der Waals surface area (Å²) in [6.07, 6.45) is 0.638. The van der Waals surface area contributed by atoms with Crippen molar-refractivity contribution in [3.63, 3.8) is 0 Å². The van der Waals surface area contributed by atoms with Crippen LogP contribution >= 0.6 is 0 Å². The summed E-state index contributed by atoms with van der Waals surface area (Å²) in [4.78, 5) is 2.38. The molecule has 1 aromatic carbocycles. The summed E-state index contributed by atoms with van der Waals surface area (Å²) < 4.78 is 11.2. The molecule has 5 nitrogen and oxygen atoms in total. The minimum atomic E-state index is -0.762. The van der Waals surface area contributed by atoms with E-state index in [4.69, 9.17) is 9.47 Å². The maximum absolute atomic E-state index is 10.3. The highest BCUT2D eigenvalue weighted by atomic mass is 16.5. The molecule has 2 fully saturated rings. The SMILES string of the molecule is COc1ccc(CN2CCC3(CC2)OCC[C@H](O)[C@@H]3O)cc1C. The summed E-state index contributed by atoms with van der Waals surface area (Å²) in [5.74, 6) is 0.916. The van der Waals surface area contributed by atoms with Crippen LogP contribution in [-0.2, 0) is 11.3 Å². The van der Waals surface area contributed by atoms with Crippen molar-refractivity contribution < 1.29 is 19.7 Å². The van der Waals surface area contributed by atoms with Crippen LogP contribution in [0.4, 0.5) is 0 Å². The van der Waals surface area contributed by atoms with Crippen LogP contribution in [0.15, 0.2) is 18.2 Å². The Morgan fingerprint density at radius 1 is 1.30 bits per heavy atom. The Balaban J connectivity index is 1.60. The Labute approximate surface area is 137 Å². The minimum absolute atomic E-state index is 0.526. The Kier molecular flexibility index (Phi) is 4.92. The molecule has 0 saturated carbocycles. The molecule has 5 heteroatoms. The van der Waals surface area contributed by atoms with Gasteiger partial charge in [-0.3, -0.25) is 4.90 Å². The summed E-state index contributed by atoms with van der Waals surface area (Å²) in [5.41, 5.74) is 1.86. The summed E-state index contributed by atoms with van der Waals surface area (Å²) >= 11 is 0. The molecule has 0 bridgehead atoms. The van der Waals surface area contributed by atoms with Crippen molar-refractivity contribution in [1.82, 2.24) is 4.90 Å². The van der Waals surface area contributed by atoms with E-state index in [0.717, 1.165) is 43.8 Å². The highest BCUT2D eigenvalue weighted by molar-refractivity contribution is 5.36. The number of rotatable bonds is 3. The van der Waals surface area contributed by atoms with Crippen molar-refractivity contribution in [2.24, 2.45) is 0 Å². The van der Waals surface area contributed by atoms with E-state index in [1.54, 1.807) is 7.11 Å². The number of ether oxygens (including phenoxy) is 2. The normalized spacial score (nSPS) is 28.0. The van der Waals surface area contributed by atoms with Crippen LogP contribution in [0.25, 0.3) is 0 Å². The van der Waals surface area contributed by atoms with Crippen LogP contribution in [0.5, 0.6) is 5.75 Å². The van der Waals surface area contributed by atoms with Gasteiger partial charge in [-0.05, 0) is 43.4 Å². The fraction of sp³-hybridized carbons (Fsp3) is 0.667. The molecule has 2 atom stereocenters. The summed E-state index contributed by atoms with van der Waals surface area (Å²) in [5, 5.41) is 20.2. The lowest BCUT2D eigenvalue weighted by molar-refractivity contribution is -0.214. The molecule has 0 aliphatic carbocycles. The lowest BCUT2D eigenvalue weighted by Crippen LogP contribution is -2.59. The molecule has 2 saturated heterocycles. The average Bonchev–Trinajstić information content (AvgIpc) is 2.55. The van der Waals surface area contributed by atoms with Crippen molar-refractivity contribution >= 4 is 0 Å². The molecule has 23 heavy (non-hydrogen) atoms. The van der Waals surface area contributed by atoms with Gasteiger partial charge < -0.3 is 19.7 Å². The van der Waals surface area contributed by atoms with Gasteiger partial charge in [-0.2, -0.15) is 0 Å². The van der Waals surface area contributed by atoms with Crippen molar-refractivity contribution in [2.75, 3.05) is 26.8 Å². The largest absolute Gasteiger partial charge is 0.496 e. The van der Waals surface area contributed by atoms with Gasteiger partial charge >= 0.3 is 0 Å². The molecule has 3 rings (SSSR count). The smallest absolute Gasteiger partial charge is 0.121 e. The molecule has 128 valence electrons. The second-order valence-corrected chi connectivity index (χ2v) is 6.79. The molecule has 0 amide bonds. The van der Waals surface area contributed by atoms with Gasteiger partial charge in [-0.25, -0.2) is 0 Å². The lowest BCUT2D eigenvalue weighted by atomic mass is 9.80. The molecule has 0 unspecified atom stereocenters. The second kappa shape index (κ2) is 6.77. The number of piperidine rings is 1. The predicted molar refractivity (Wildman–Crippen MR) is 87.6 cm³/mol. The molecule has 2 heterocycles. The lowest BCUT2D eigenvalue weighted by Gasteiger charge is -2.48. The highest BCUT2D eigenvalue weighted by Crippen LogP contribution is 2.35. The molecular weight excluding hydrogens is 294 g/mol. The number of hydrogen-bond donors (Lipinski definition) is 2. The summed E-state index contributed by atoms with van der Waals surface area (Å²) in [6, 6.07) is 6.28. The van der Waals surface area contributed by atoms with Crippen LogP contribution in [0, 0.1) is 6.92 Å². The van der Waals surface area contributed by atoms with E-state index in [0.29, 0.717) is 13.0 Å². The van der Waals surface area contributed by atoms with Crippen molar-refractivity contribution in [3.8, 4) is 5.75 Å². The third kappa shape index (κ3) is 3.38. The van der Waals surface area contributed by atoms with Gasteiger partial charge in [0.1, 0.15) is 11.9 Å². The number of methoxy groups -OCH3 is 1. The number of aliphatic hydroxyl groups is 2. The van der Waals surface area contributed by atoms with E-state index in [2.05, 4.69) is 24.0 Å². The van der Waals surface area contributed by atoms with Crippen molar-refractivity contribution in [1.29, 1.82) is 0 Å². The van der Waals surface area contributed by atoms with Gasteiger partial charge in [0, 0.05) is 19.6 Å². The highest BCUT2D eigenvalue weighted by Gasteiger charge is 2.47. The first-order valence-corrected chi connectivity index (χ1v) is 8.40. The first kappa shape index (κ1) is 16.7. The van der Waals surface area contributed by atoms with Crippen LogP contribution < -0.4 is 4.74 Å². The van der Waals surface area contributed by atoms with Crippen molar-refractivity contribution in [3.05, 3.63) is 29.3 Å². The van der Waals surface area contributed by atoms with Crippen molar-refractivity contribution in [2.45, 2.75) is 50.5 Å².